The predicted molar refractivity (Wildman–Crippen MR) is 104 cm³/mol. The van der Waals surface area contributed by atoms with Crippen LogP contribution in [0.25, 0.3) is 11.1 Å². The van der Waals surface area contributed by atoms with Crippen LogP contribution in [0.4, 0.5) is 15.3 Å². The summed E-state index contributed by atoms with van der Waals surface area (Å²) in [5.41, 5.74) is 8.71. The van der Waals surface area contributed by atoms with Crippen molar-refractivity contribution in [2.24, 2.45) is 0 Å². The second-order valence-corrected chi connectivity index (χ2v) is 5.42. The van der Waals surface area contributed by atoms with Crippen LogP contribution >= 0.6 is 0 Å². The number of anilines is 1. The van der Waals surface area contributed by atoms with Crippen molar-refractivity contribution in [2.45, 2.75) is 20.3 Å². The van der Waals surface area contributed by atoms with Crippen LogP contribution in [0.5, 0.6) is 11.5 Å². The van der Waals surface area contributed by atoms with Gasteiger partial charge < -0.3 is 24.7 Å². The summed E-state index contributed by atoms with van der Waals surface area (Å²) in [5.74, 6) is -0.723. The summed E-state index contributed by atoms with van der Waals surface area (Å²) in [6.45, 7) is 3.42. The van der Waals surface area contributed by atoms with Crippen molar-refractivity contribution < 1.29 is 38.5 Å². The summed E-state index contributed by atoms with van der Waals surface area (Å²) < 4.78 is 19.9. The number of carbonyl (C=O) groups is 3. The van der Waals surface area contributed by atoms with Crippen LogP contribution in [0.1, 0.15) is 19.4 Å². The Hall–Kier alpha value is -2.53. The Morgan fingerprint density at radius 3 is 1.76 bits per heavy atom. The Balaban J connectivity index is 0.00000420. The predicted octanol–water partition coefficient (Wildman–Crippen LogP) is 1.84. The zero-order valence-corrected chi connectivity index (χ0v) is 15.3. The SMILES string of the molecule is CCOC(=O)Oc1c2ccc(CC(=O)NO)ccc-2c(OC(=O)OCC)c1N.[NaH]. The van der Waals surface area contributed by atoms with Gasteiger partial charge in [-0.05, 0) is 19.4 Å². The van der Waals surface area contributed by atoms with Gasteiger partial charge in [0.05, 0.1) is 19.6 Å². The van der Waals surface area contributed by atoms with Gasteiger partial charge in [-0.25, -0.2) is 15.1 Å². The third-order valence-corrected chi connectivity index (χ3v) is 3.58. The Morgan fingerprint density at radius 1 is 0.931 bits per heavy atom. The first kappa shape index (κ1) is 24.5. The van der Waals surface area contributed by atoms with Gasteiger partial charge in [0.1, 0.15) is 5.69 Å². The number of hydrogen-bond acceptors (Lipinski definition) is 9. The summed E-state index contributed by atoms with van der Waals surface area (Å²) in [6, 6.07) is 6.23. The van der Waals surface area contributed by atoms with E-state index in [1.165, 1.54) is 12.1 Å². The van der Waals surface area contributed by atoms with Gasteiger partial charge in [0.25, 0.3) is 0 Å². The van der Waals surface area contributed by atoms with Crippen LogP contribution in [-0.4, -0.2) is 66.2 Å². The van der Waals surface area contributed by atoms with E-state index in [1.54, 1.807) is 31.5 Å². The molecule has 0 fully saturated rings. The Morgan fingerprint density at radius 2 is 1.38 bits per heavy atom. The monoisotopic (exact) mass is 416 g/mol. The van der Waals surface area contributed by atoms with Crippen molar-refractivity contribution in [3.8, 4) is 22.6 Å². The average Bonchev–Trinajstić information content (AvgIpc) is 2.79. The molecule has 0 saturated carbocycles. The van der Waals surface area contributed by atoms with Crippen molar-refractivity contribution in [3.05, 3.63) is 29.8 Å². The summed E-state index contributed by atoms with van der Waals surface area (Å²) in [6.07, 6.45) is -2.06. The molecule has 0 spiro atoms. The van der Waals surface area contributed by atoms with Crippen LogP contribution in [0.2, 0.25) is 0 Å². The number of rotatable bonds is 6. The molecule has 2 rings (SSSR count). The van der Waals surface area contributed by atoms with Crippen molar-refractivity contribution in [1.82, 2.24) is 5.48 Å². The first-order chi connectivity index (χ1) is 13.4. The molecule has 2 aliphatic rings. The Labute approximate surface area is 188 Å². The fourth-order valence-corrected chi connectivity index (χ4v) is 2.43. The van der Waals surface area contributed by atoms with Crippen LogP contribution in [-0.2, 0) is 20.7 Å². The van der Waals surface area contributed by atoms with E-state index in [0.717, 1.165) is 0 Å². The molecular weight excluding hydrogens is 395 g/mol. The van der Waals surface area contributed by atoms with Crippen molar-refractivity contribution in [2.75, 3.05) is 18.9 Å². The Bertz CT molecular complexity index is 800. The van der Waals surface area contributed by atoms with Gasteiger partial charge in [-0.2, -0.15) is 0 Å². The number of nitrogens with two attached hydrogens (primary N) is 1. The molecule has 10 nitrogen and oxygen atoms in total. The van der Waals surface area contributed by atoms with Gasteiger partial charge >= 0.3 is 41.9 Å². The molecule has 0 saturated heterocycles. The molecule has 0 atom stereocenters. The van der Waals surface area contributed by atoms with Gasteiger partial charge in [0, 0.05) is 11.1 Å². The van der Waals surface area contributed by atoms with E-state index >= 15 is 0 Å². The molecule has 11 heteroatoms. The second-order valence-electron chi connectivity index (χ2n) is 5.42. The number of ether oxygens (including phenoxy) is 4. The topological polar surface area (TPSA) is 146 Å². The fourth-order valence-electron chi connectivity index (χ4n) is 2.43. The number of nitrogens with one attached hydrogen (secondary N) is 1. The zero-order chi connectivity index (χ0) is 20.7. The van der Waals surface area contributed by atoms with E-state index in [4.69, 9.17) is 29.9 Å². The number of hydroxylamine groups is 1. The van der Waals surface area contributed by atoms with E-state index in [2.05, 4.69) is 0 Å². The average molecular weight is 416 g/mol. The third-order valence-electron chi connectivity index (χ3n) is 3.58. The van der Waals surface area contributed by atoms with E-state index in [1.807, 2.05) is 0 Å². The molecule has 0 unspecified atom stereocenters. The number of fused-ring (bicyclic) bond motifs is 1. The number of amides is 1. The first-order valence-electron chi connectivity index (χ1n) is 8.37. The minimum atomic E-state index is -0.977. The van der Waals surface area contributed by atoms with Crippen molar-refractivity contribution in [1.29, 1.82) is 0 Å². The Kier molecular flexibility index (Phi) is 9.69. The number of carbonyl (C=O) groups excluding carboxylic acids is 3. The first-order valence-corrected chi connectivity index (χ1v) is 8.37. The molecule has 152 valence electrons. The fraction of sp³-hybridized carbons (Fsp3) is 0.278. The number of nitrogen functional groups attached to an aromatic ring is 1. The molecular formula is C18H21N2NaO8. The summed E-state index contributed by atoms with van der Waals surface area (Å²) >= 11 is 0. The molecule has 1 amide bonds. The van der Waals surface area contributed by atoms with Crippen molar-refractivity contribution >= 4 is 53.5 Å². The van der Waals surface area contributed by atoms with Gasteiger partial charge in [-0.3, -0.25) is 10.0 Å². The maximum absolute atomic E-state index is 11.8. The molecule has 0 aromatic rings. The molecule has 0 aromatic heterocycles. The van der Waals surface area contributed by atoms with Crippen LogP contribution < -0.4 is 20.7 Å². The van der Waals surface area contributed by atoms with E-state index < -0.39 is 18.2 Å². The van der Waals surface area contributed by atoms with Crippen LogP contribution in [0.3, 0.4) is 0 Å². The summed E-state index contributed by atoms with van der Waals surface area (Å²) in [4.78, 5) is 34.9. The van der Waals surface area contributed by atoms with E-state index in [0.29, 0.717) is 16.7 Å². The number of hydrogen-bond donors (Lipinski definition) is 3. The quantitative estimate of drug-likeness (QED) is 0.278. The van der Waals surface area contributed by atoms with Gasteiger partial charge in [-0.15, -0.1) is 0 Å². The van der Waals surface area contributed by atoms with Crippen LogP contribution in [0, 0.1) is 0 Å². The van der Waals surface area contributed by atoms with Gasteiger partial charge in [0.2, 0.25) is 5.91 Å². The maximum atomic E-state index is 11.8. The summed E-state index contributed by atoms with van der Waals surface area (Å²) in [7, 11) is 0. The second kappa shape index (κ2) is 11.5. The van der Waals surface area contributed by atoms with Gasteiger partial charge in [-0.1, -0.05) is 24.3 Å². The molecule has 0 heterocycles. The zero-order valence-electron chi connectivity index (χ0n) is 15.3. The molecule has 4 N–H and O–H groups in total. The third kappa shape index (κ3) is 6.23. The van der Waals surface area contributed by atoms with Crippen molar-refractivity contribution in [3.63, 3.8) is 0 Å². The molecule has 2 aliphatic carbocycles. The van der Waals surface area contributed by atoms with E-state index in [-0.39, 0.29) is 66.4 Å². The van der Waals surface area contributed by atoms with Crippen LogP contribution in [0.15, 0.2) is 24.3 Å². The summed E-state index contributed by atoms with van der Waals surface area (Å²) in [5, 5.41) is 8.67. The molecule has 0 aliphatic heterocycles. The molecule has 0 bridgehead atoms. The standard InChI is InChI=1S/C18H20N2O8.Na.H/c1-3-25-17(22)27-15-11-7-5-10(9-13(21)20-24)6-8-12(11)16(14(15)19)28-18(23)26-4-2;;/h5-8,24H,3-4,9,19H2,1-2H3,(H,20,21);;. The normalized spacial score (nSPS) is 9.90. The molecule has 0 radical (unpaired) electrons. The van der Waals surface area contributed by atoms with E-state index in [9.17, 15) is 14.4 Å². The molecule has 29 heavy (non-hydrogen) atoms. The minimum absolute atomic E-state index is 0. The van der Waals surface area contributed by atoms with Gasteiger partial charge in [0.15, 0.2) is 11.5 Å². The molecule has 0 aromatic carbocycles.